The van der Waals surface area contributed by atoms with Gasteiger partial charge in [0.05, 0.1) is 17.6 Å². The molecule has 2 aliphatic heterocycles. The summed E-state index contributed by atoms with van der Waals surface area (Å²) in [4.78, 5) is 40.5. The van der Waals surface area contributed by atoms with Gasteiger partial charge in [0, 0.05) is 30.5 Å². The van der Waals surface area contributed by atoms with Crippen LogP contribution in [0.3, 0.4) is 0 Å². The van der Waals surface area contributed by atoms with Gasteiger partial charge in [-0.1, -0.05) is 72.2 Å². The van der Waals surface area contributed by atoms with Crippen LogP contribution in [0.5, 0.6) is 5.75 Å². The van der Waals surface area contributed by atoms with E-state index < -0.39 is 0 Å². The first-order valence-electron chi connectivity index (χ1n) is 16.1. The number of unbranched alkanes of at least 4 members (excludes halogenated alkanes) is 2. The van der Waals surface area contributed by atoms with Gasteiger partial charge in [0.15, 0.2) is 0 Å². The maximum Gasteiger partial charge on any atom is 0.267 e. The monoisotopic (exact) mass is 622 g/mol. The molecule has 1 aliphatic carbocycles. The Kier molecular flexibility index (Phi) is 11.1. The Bertz CT molecular complexity index is 1290. The van der Waals surface area contributed by atoms with Crippen LogP contribution in [0.4, 0.5) is 0 Å². The number of fused-ring (bicyclic) bond motifs is 2. The fraction of sp³-hybridized carbons (Fsp3) is 0.583. The van der Waals surface area contributed by atoms with Crippen molar-refractivity contribution in [2.24, 2.45) is 22.7 Å². The lowest BCUT2D eigenvalue weighted by Crippen LogP contribution is -2.43. The third-order valence-corrected chi connectivity index (χ3v) is 9.78. The molecule has 3 atom stereocenters. The number of carbonyl (C=O) groups is 3. The molecule has 0 spiro atoms. The molecule has 0 aromatic heterocycles. The van der Waals surface area contributed by atoms with E-state index in [2.05, 4.69) is 52.9 Å². The molecule has 1 N–H and O–H groups in total. The number of ether oxygens (including phenoxy) is 2. The summed E-state index contributed by atoms with van der Waals surface area (Å²) in [5, 5.41) is 3.25. The van der Waals surface area contributed by atoms with Gasteiger partial charge in [-0.15, -0.1) is 11.8 Å². The molecule has 7 nitrogen and oxygen atoms in total. The molecule has 4 rings (SSSR count). The first-order valence-corrected chi connectivity index (χ1v) is 17.1. The van der Waals surface area contributed by atoms with E-state index in [1.165, 1.54) is 22.7 Å². The molecule has 240 valence electrons. The standard InChI is InChI=1S/C36H50N2O5S/c1-8-42-24-17-18-26-28(22-24)43-27-15-12-11-14-25(27)33(26)37-31(39)16-10-9-13-20-38-32(40)23-29(34(38)41)44-21-19-30(35(2,3)4)36(5,6)7/h11-12,14-15,17-18,22-23,26,28,30,33H,8-10,13,16,19-21H2,1-7H3,(H,37,39). The van der Waals surface area contributed by atoms with Crippen molar-refractivity contribution in [3.63, 3.8) is 0 Å². The molecule has 3 aliphatic rings. The fourth-order valence-corrected chi connectivity index (χ4v) is 7.91. The van der Waals surface area contributed by atoms with Crippen molar-refractivity contribution < 1.29 is 23.9 Å². The third-order valence-electron chi connectivity index (χ3n) is 8.74. The second-order valence-electron chi connectivity index (χ2n) is 14.1. The molecule has 1 aromatic rings. The summed E-state index contributed by atoms with van der Waals surface area (Å²) in [6.07, 6.45) is 10.8. The van der Waals surface area contributed by atoms with Gasteiger partial charge >= 0.3 is 0 Å². The molecule has 0 bridgehead atoms. The lowest BCUT2D eigenvalue weighted by molar-refractivity contribution is -0.137. The van der Waals surface area contributed by atoms with E-state index in [-0.39, 0.29) is 46.6 Å². The Labute approximate surface area is 267 Å². The van der Waals surface area contributed by atoms with Crippen LogP contribution in [0.2, 0.25) is 0 Å². The lowest BCUT2D eigenvalue weighted by Gasteiger charge is -2.41. The molecule has 8 heteroatoms. The Morgan fingerprint density at radius 3 is 2.50 bits per heavy atom. The number of nitrogens with zero attached hydrogens (tertiary/aromatic N) is 1. The minimum absolute atomic E-state index is 0.0177. The number of hydrogen-bond donors (Lipinski definition) is 1. The SMILES string of the molecule is CCOC1=CC2Oc3ccccc3C(NC(=O)CCCCCN3C(=O)C=C(SCCC(C(C)(C)C)C(C)(C)C)C3=O)C2C=C1. The average molecular weight is 623 g/mol. The largest absolute Gasteiger partial charge is 0.494 e. The minimum Gasteiger partial charge on any atom is -0.494 e. The van der Waals surface area contributed by atoms with Crippen molar-refractivity contribution in [1.29, 1.82) is 0 Å². The van der Waals surface area contributed by atoms with Crippen LogP contribution in [-0.2, 0) is 19.1 Å². The zero-order valence-corrected chi connectivity index (χ0v) is 28.3. The number of rotatable bonds is 13. The van der Waals surface area contributed by atoms with Crippen molar-refractivity contribution >= 4 is 29.5 Å². The highest BCUT2D eigenvalue weighted by Gasteiger charge is 2.39. The van der Waals surface area contributed by atoms with Crippen LogP contribution in [0, 0.1) is 22.7 Å². The normalized spacial score (nSPS) is 21.5. The summed E-state index contributed by atoms with van der Waals surface area (Å²) < 4.78 is 11.9. The summed E-state index contributed by atoms with van der Waals surface area (Å²) in [6, 6.07) is 7.64. The molecule has 44 heavy (non-hydrogen) atoms. The van der Waals surface area contributed by atoms with Crippen LogP contribution in [0.25, 0.3) is 0 Å². The second-order valence-corrected chi connectivity index (χ2v) is 15.3. The zero-order chi connectivity index (χ0) is 32.1. The average Bonchev–Trinajstić information content (AvgIpc) is 3.21. The summed E-state index contributed by atoms with van der Waals surface area (Å²) >= 11 is 1.50. The Morgan fingerprint density at radius 1 is 1.07 bits per heavy atom. The van der Waals surface area contributed by atoms with Gasteiger partial charge < -0.3 is 14.8 Å². The highest BCUT2D eigenvalue weighted by Crippen LogP contribution is 2.44. The Balaban J connectivity index is 1.21. The third kappa shape index (κ3) is 8.38. The number of para-hydroxylation sites is 1. The van der Waals surface area contributed by atoms with E-state index >= 15 is 0 Å². The van der Waals surface area contributed by atoms with E-state index in [9.17, 15) is 14.4 Å². The van der Waals surface area contributed by atoms with Crippen LogP contribution in [0.1, 0.15) is 92.2 Å². The number of hydrogen-bond acceptors (Lipinski definition) is 6. The molecule has 0 fully saturated rings. The van der Waals surface area contributed by atoms with Gasteiger partial charge in [0.2, 0.25) is 5.91 Å². The van der Waals surface area contributed by atoms with Crippen molar-refractivity contribution in [2.45, 2.75) is 92.7 Å². The molecule has 0 saturated heterocycles. The van der Waals surface area contributed by atoms with Gasteiger partial charge in [-0.25, -0.2) is 0 Å². The van der Waals surface area contributed by atoms with Gasteiger partial charge in [-0.2, -0.15) is 0 Å². The molecular weight excluding hydrogens is 572 g/mol. The van der Waals surface area contributed by atoms with E-state index in [0.717, 1.165) is 35.7 Å². The smallest absolute Gasteiger partial charge is 0.267 e. The minimum atomic E-state index is -0.228. The highest BCUT2D eigenvalue weighted by molar-refractivity contribution is 8.04. The maximum absolute atomic E-state index is 13.1. The number of carbonyl (C=O) groups excluding carboxylic acids is 3. The van der Waals surface area contributed by atoms with Gasteiger partial charge in [0.25, 0.3) is 11.8 Å². The number of nitrogens with one attached hydrogen (secondary N) is 1. The highest BCUT2D eigenvalue weighted by atomic mass is 32.2. The van der Waals surface area contributed by atoms with Crippen molar-refractivity contribution in [3.05, 3.63) is 64.8 Å². The molecule has 3 amide bonds. The van der Waals surface area contributed by atoms with Gasteiger partial charge in [-0.05, 0) is 66.9 Å². The molecule has 0 radical (unpaired) electrons. The second kappa shape index (κ2) is 14.4. The zero-order valence-electron chi connectivity index (χ0n) is 27.5. The van der Waals surface area contributed by atoms with Crippen molar-refractivity contribution in [2.75, 3.05) is 18.9 Å². The van der Waals surface area contributed by atoms with Crippen LogP contribution >= 0.6 is 11.8 Å². The Hall–Kier alpha value is -3.00. The first kappa shape index (κ1) is 33.9. The quantitative estimate of drug-likeness (QED) is 0.183. The van der Waals surface area contributed by atoms with Gasteiger partial charge in [-0.3, -0.25) is 19.3 Å². The first-order chi connectivity index (χ1) is 20.8. The summed E-state index contributed by atoms with van der Waals surface area (Å²) in [5.41, 5.74) is 1.31. The lowest BCUT2D eigenvalue weighted by atomic mass is 9.65. The number of imide groups is 1. The van der Waals surface area contributed by atoms with E-state index in [0.29, 0.717) is 43.2 Å². The van der Waals surface area contributed by atoms with Crippen molar-refractivity contribution in [3.8, 4) is 5.75 Å². The van der Waals surface area contributed by atoms with E-state index in [1.807, 2.05) is 43.3 Å². The summed E-state index contributed by atoms with van der Waals surface area (Å²) in [7, 11) is 0. The van der Waals surface area contributed by atoms with Crippen LogP contribution in [-0.4, -0.2) is 47.6 Å². The van der Waals surface area contributed by atoms with E-state index in [4.69, 9.17) is 9.47 Å². The molecule has 2 heterocycles. The number of benzene rings is 1. The molecule has 3 unspecified atom stereocenters. The summed E-state index contributed by atoms with van der Waals surface area (Å²) in [5.74, 6) is 2.40. The molecular formula is C36H50N2O5S. The maximum atomic E-state index is 13.1. The number of allylic oxidation sites excluding steroid dienone is 1. The Morgan fingerprint density at radius 2 is 1.80 bits per heavy atom. The fourth-order valence-electron chi connectivity index (χ4n) is 6.92. The molecule has 1 aromatic carbocycles. The van der Waals surface area contributed by atoms with Crippen LogP contribution < -0.4 is 10.1 Å². The summed E-state index contributed by atoms with van der Waals surface area (Å²) in [6.45, 7) is 16.5. The number of amides is 3. The topological polar surface area (TPSA) is 84.9 Å². The molecule has 0 saturated carbocycles. The predicted molar refractivity (Wildman–Crippen MR) is 177 cm³/mol. The van der Waals surface area contributed by atoms with Crippen molar-refractivity contribution in [1.82, 2.24) is 10.2 Å². The van der Waals surface area contributed by atoms with Crippen LogP contribution in [0.15, 0.2) is 59.2 Å². The number of thioether (sulfide) groups is 1. The van der Waals surface area contributed by atoms with Gasteiger partial charge in [0.1, 0.15) is 17.6 Å². The predicted octanol–water partition coefficient (Wildman–Crippen LogP) is 7.36. The van der Waals surface area contributed by atoms with E-state index in [1.54, 1.807) is 0 Å².